The molecule has 0 aromatic heterocycles. The standard InChI is InChI=1S/C12H13F3O3/c1-8(18-9(2)16)7-17-11-5-3-10(4-6-11)12(13,14)15/h3-6,8H,7H2,1-2H3. The van der Waals surface area contributed by atoms with Gasteiger partial charge in [-0.05, 0) is 31.2 Å². The Kier molecular flexibility index (Phi) is 4.58. The van der Waals surface area contributed by atoms with Gasteiger partial charge in [0.25, 0.3) is 0 Å². The lowest BCUT2D eigenvalue weighted by Gasteiger charge is -2.13. The smallest absolute Gasteiger partial charge is 0.416 e. The van der Waals surface area contributed by atoms with E-state index in [0.717, 1.165) is 12.1 Å². The normalized spacial score (nSPS) is 12.9. The largest absolute Gasteiger partial charge is 0.490 e. The van der Waals surface area contributed by atoms with E-state index >= 15 is 0 Å². The maximum absolute atomic E-state index is 12.3. The lowest BCUT2D eigenvalue weighted by Crippen LogP contribution is -2.20. The summed E-state index contributed by atoms with van der Waals surface area (Å²) in [5, 5.41) is 0. The highest BCUT2D eigenvalue weighted by Gasteiger charge is 2.30. The fraction of sp³-hybridized carbons (Fsp3) is 0.417. The van der Waals surface area contributed by atoms with Gasteiger partial charge in [0, 0.05) is 6.92 Å². The molecule has 18 heavy (non-hydrogen) atoms. The van der Waals surface area contributed by atoms with Crippen LogP contribution in [0.1, 0.15) is 19.4 Å². The zero-order valence-electron chi connectivity index (χ0n) is 9.95. The summed E-state index contributed by atoms with van der Waals surface area (Å²) in [7, 11) is 0. The van der Waals surface area contributed by atoms with Gasteiger partial charge < -0.3 is 9.47 Å². The van der Waals surface area contributed by atoms with E-state index in [9.17, 15) is 18.0 Å². The number of hydrogen-bond acceptors (Lipinski definition) is 3. The molecular formula is C12H13F3O3. The predicted molar refractivity (Wildman–Crippen MR) is 58.2 cm³/mol. The number of rotatable bonds is 4. The highest BCUT2D eigenvalue weighted by atomic mass is 19.4. The summed E-state index contributed by atoms with van der Waals surface area (Å²) in [4.78, 5) is 10.6. The average molecular weight is 262 g/mol. The van der Waals surface area contributed by atoms with Crippen LogP contribution >= 0.6 is 0 Å². The Labute approximate surface area is 103 Å². The van der Waals surface area contributed by atoms with Crippen molar-refractivity contribution in [2.24, 2.45) is 0 Å². The van der Waals surface area contributed by atoms with Crippen molar-refractivity contribution in [3.8, 4) is 5.75 Å². The fourth-order valence-corrected chi connectivity index (χ4v) is 1.27. The molecule has 0 N–H and O–H groups in total. The molecule has 0 aliphatic heterocycles. The van der Waals surface area contributed by atoms with Crippen LogP contribution < -0.4 is 4.74 Å². The Morgan fingerprint density at radius 2 is 1.83 bits per heavy atom. The van der Waals surface area contributed by atoms with Gasteiger partial charge in [-0.1, -0.05) is 0 Å². The molecule has 0 saturated heterocycles. The highest BCUT2D eigenvalue weighted by molar-refractivity contribution is 5.66. The number of ether oxygens (including phenoxy) is 2. The zero-order chi connectivity index (χ0) is 13.8. The molecule has 1 aromatic carbocycles. The molecule has 1 unspecified atom stereocenters. The number of carbonyl (C=O) groups excluding carboxylic acids is 1. The summed E-state index contributed by atoms with van der Waals surface area (Å²) in [6, 6.07) is 4.32. The molecule has 0 aliphatic rings. The Morgan fingerprint density at radius 1 is 1.28 bits per heavy atom. The van der Waals surface area contributed by atoms with E-state index in [2.05, 4.69) is 0 Å². The second kappa shape index (κ2) is 5.75. The van der Waals surface area contributed by atoms with Gasteiger partial charge in [-0.15, -0.1) is 0 Å². The van der Waals surface area contributed by atoms with Crippen molar-refractivity contribution in [1.29, 1.82) is 0 Å². The minimum atomic E-state index is -4.36. The first-order valence-corrected chi connectivity index (χ1v) is 5.26. The first-order valence-electron chi connectivity index (χ1n) is 5.26. The van der Waals surface area contributed by atoms with E-state index in [4.69, 9.17) is 9.47 Å². The van der Waals surface area contributed by atoms with Crippen LogP contribution in [0.15, 0.2) is 24.3 Å². The van der Waals surface area contributed by atoms with Crippen LogP contribution in [0, 0.1) is 0 Å². The molecule has 0 aliphatic carbocycles. The number of esters is 1. The monoisotopic (exact) mass is 262 g/mol. The molecule has 1 rings (SSSR count). The van der Waals surface area contributed by atoms with Crippen molar-refractivity contribution in [2.75, 3.05) is 6.61 Å². The van der Waals surface area contributed by atoms with Crippen LogP contribution in [0.5, 0.6) is 5.75 Å². The lowest BCUT2D eigenvalue weighted by molar-refractivity contribution is -0.146. The Balaban J connectivity index is 2.52. The van der Waals surface area contributed by atoms with Gasteiger partial charge in [-0.25, -0.2) is 0 Å². The van der Waals surface area contributed by atoms with Crippen LogP contribution in [0.3, 0.4) is 0 Å². The average Bonchev–Trinajstić information content (AvgIpc) is 2.25. The van der Waals surface area contributed by atoms with Gasteiger partial charge in [-0.3, -0.25) is 4.79 Å². The first-order chi connectivity index (χ1) is 8.29. The molecule has 0 heterocycles. The van der Waals surface area contributed by atoms with E-state index in [0.29, 0.717) is 5.75 Å². The Morgan fingerprint density at radius 3 is 2.28 bits per heavy atom. The minimum absolute atomic E-state index is 0.0882. The third-order valence-electron chi connectivity index (χ3n) is 2.03. The van der Waals surface area contributed by atoms with Crippen molar-refractivity contribution in [2.45, 2.75) is 26.1 Å². The van der Waals surface area contributed by atoms with Crippen LogP contribution in [-0.2, 0) is 15.7 Å². The van der Waals surface area contributed by atoms with Crippen molar-refractivity contribution in [3.05, 3.63) is 29.8 Å². The van der Waals surface area contributed by atoms with Crippen LogP contribution in [0.2, 0.25) is 0 Å². The Hall–Kier alpha value is -1.72. The van der Waals surface area contributed by atoms with Crippen molar-refractivity contribution < 1.29 is 27.4 Å². The van der Waals surface area contributed by atoms with E-state index in [-0.39, 0.29) is 6.61 Å². The van der Waals surface area contributed by atoms with Crippen molar-refractivity contribution >= 4 is 5.97 Å². The van der Waals surface area contributed by atoms with Gasteiger partial charge in [0.05, 0.1) is 5.56 Å². The van der Waals surface area contributed by atoms with Crippen LogP contribution in [0.25, 0.3) is 0 Å². The second-order valence-corrected chi connectivity index (χ2v) is 3.75. The Bertz CT molecular complexity index is 398. The number of halogens is 3. The van der Waals surface area contributed by atoms with Gasteiger partial charge in [-0.2, -0.15) is 13.2 Å². The number of hydrogen-bond donors (Lipinski definition) is 0. The molecule has 0 bridgehead atoms. The quantitative estimate of drug-likeness (QED) is 0.782. The van der Waals surface area contributed by atoms with Crippen LogP contribution in [-0.4, -0.2) is 18.7 Å². The molecule has 100 valence electrons. The van der Waals surface area contributed by atoms with Crippen molar-refractivity contribution in [3.63, 3.8) is 0 Å². The SMILES string of the molecule is CC(=O)OC(C)COc1ccc(C(F)(F)F)cc1. The molecule has 0 saturated carbocycles. The molecule has 3 nitrogen and oxygen atoms in total. The van der Waals surface area contributed by atoms with E-state index in [1.807, 2.05) is 0 Å². The topological polar surface area (TPSA) is 35.5 Å². The molecule has 1 aromatic rings. The predicted octanol–water partition coefficient (Wildman–Crippen LogP) is 3.04. The summed E-state index contributed by atoms with van der Waals surface area (Å²) >= 11 is 0. The van der Waals surface area contributed by atoms with Crippen molar-refractivity contribution in [1.82, 2.24) is 0 Å². The third-order valence-corrected chi connectivity index (χ3v) is 2.03. The van der Waals surface area contributed by atoms with Gasteiger partial charge in [0.1, 0.15) is 18.5 Å². The number of benzene rings is 1. The van der Waals surface area contributed by atoms with E-state index < -0.39 is 23.8 Å². The molecule has 6 heteroatoms. The lowest BCUT2D eigenvalue weighted by atomic mass is 10.2. The van der Waals surface area contributed by atoms with Gasteiger partial charge >= 0.3 is 12.1 Å². The third kappa shape index (κ3) is 4.65. The van der Waals surface area contributed by atoms with Gasteiger partial charge in [0.2, 0.25) is 0 Å². The van der Waals surface area contributed by atoms with Gasteiger partial charge in [0.15, 0.2) is 0 Å². The maximum atomic E-state index is 12.3. The molecule has 0 radical (unpaired) electrons. The molecule has 0 spiro atoms. The van der Waals surface area contributed by atoms with E-state index in [1.54, 1.807) is 6.92 Å². The van der Waals surface area contributed by atoms with Crippen LogP contribution in [0.4, 0.5) is 13.2 Å². The summed E-state index contributed by atoms with van der Waals surface area (Å²) < 4.78 is 46.8. The maximum Gasteiger partial charge on any atom is 0.416 e. The number of carbonyl (C=O) groups is 1. The molecule has 0 amide bonds. The first kappa shape index (κ1) is 14.3. The second-order valence-electron chi connectivity index (χ2n) is 3.75. The summed E-state index contributed by atoms with van der Waals surface area (Å²) in [5.74, 6) is -0.138. The minimum Gasteiger partial charge on any atom is -0.490 e. The molecular weight excluding hydrogens is 249 g/mol. The zero-order valence-corrected chi connectivity index (χ0v) is 9.95. The van der Waals surface area contributed by atoms with E-state index in [1.165, 1.54) is 19.1 Å². The fourth-order valence-electron chi connectivity index (χ4n) is 1.27. The summed E-state index contributed by atoms with van der Waals surface area (Å²) in [5.41, 5.74) is -0.733. The molecule has 1 atom stereocenters. The molecule has 0 fully saturated rings. The number of alkyl halides is 3. The highest BCUT2D eigenvalue weighted by Crippen LogP contribution is 2.30. The summed E-state index contributed by atoms with van der Waals surface area (Å²) in [6.45, 7) is 2.99. The summed E-state index contributed by atoms with van der Waals surface area (Å²) in [6.07, 6.45) is -4.81.